The van der Waals surface area contributed by atoms with Gasteiger partial charge in [-0.1, -0.05) is 0 Å². The minimum Gasteiger partial charge on any atom is -0.339 e. The molecule has 0 aliphatic heterocycles. The van der Waals surface area contributed by atoms with Gasteiger partial charge in [-0.25, -0.2) is 0 Å². The standard InChI is InChI=1S/C10H18N4O/c1-3-14(4-2)10-12-9(15-13-10)8(11)7-5-6-7/h7-8H,3-6,11H2,1-2H3. The molecule has 84 valence electrons. The van der Waals surface area contributed by atoms with Gasteiger partial charge in [0.15, 0.2) is 0 Å². The first kappa shape index (κ1) is 10.4. The van der Waals surface area contributed by atoms with E-state index in [0.29, 0.717) is 17.8 Å². The molecular formula is C10H18N4O. The van der Waals surface area contributed by atoms with Crippen molar-refractivity contribution in [3.8, 4) is 0 Å². The SMILES string of the molecule is CCN(CC)c1noc(C(N)C2CC2)n1. The number of hydrogen-bond acceptors (Lipinski definition) is 5. The van der Waals surface area contributed by atoms with Gasteiger partial charge in [-0.3, -0.25) is 0 Å². The van der Waals surface area contributed by atoms with Crippen LogP contribution in [-0.4, -0.2) is 23.2 Å². The van der Waals surface area contributed by atoms with Gasteiger partial charge in [0, 0.05) is 13.1 Å². The van der Waals surface area contributed by atoms with Crippen LogP contribution in [0.25, 0.3) is 0 Å². The van der Waals surface area contributed by atoms with E-state index in [-0.39, 0.29) is 6.04 Å². The Morgan fingerprint density at radius 2 is 2.13 bits per heavy atom. The maximum Gasteiger partial charge on any atom is 0.266 e. The number of rotatable bonds is 5. The maximum atomic E-state index is 5.98. The summed E-state index contributed by atoms with van der Waals surface area (Å²) in [5.74, 6) is 1.79. The predicted octanol–water partition coefficient (Wildman–Crippen LogP) is 1.33. The molecule has 0 spiro atoms. The second kappa shape index (κ2) is 4.18. The minimum atomic E-state index is -0.0678. The van der Waals surface area contributed by atoms with Gasteiger partial charge in [-0.05, 0) is 37.8 Å². The zero-order chi connectivity index (χ0) is 10.8. The van der Waals surface area contributed by atoms with Crippen molar-refractivity contribution >= 4 is 5.95 Å². The third kappa shape index (κ3) is 2.12. The summed E-state index contributed by atoms with van der Waals surface area (Å²) in [6.07, 6.45) is 2.37. The van der Waals surface area contributed by atoms with E-state index in [1.54, 1.807) is 0 Å². The van der Waals surface area contributed by atoms with Crippen LogP contribution < -0.4 is 10.6 Å². The normalized spacial score (nSPS) is 17.8. The Morgan fingerprint density at radius 1 is 1.47 bits per heavy atom. The Kier molecular flexibility index (Phi) is 2.90. The number of aromatic nitrogens is 2. The lowest BCUT2D eigenvalue weighted by atomic mass is 10.2. The first-order chi connectivity index (χ1) is 7.26. The van der Waals surface area contributed by atoms with Gasteiger partial charge < -0.3 is 15.2 Å². The van der Waals surface area contributed by atoms with E-state index in [2.05, 4.69) is 24.0 Å². The van der Waals surface area contributed by atoms with Crippen LogP contribution in [0.15, 0.2) is 4.52 Å². The number of nitrogens with two attached hydrogens (primary N) is 1. The summed E-state index contributed by atoms with van der Waals surface area (Å²) >= 11 is 0. The van der Waals surface area contributed by atoms with Crippen LogP contribution in [-0.2, 0) is 0 Å². The van der Waals surface area contributed by atoms with Crippen molar-refractivity contribution in [2.45, 2.75) is 32.7 Å². The molecule has 0 radical (unpaired) electrons. The second-order valence-electron chi connectivity index (χ2n) is 3.97. The summed E-state index contributed by atoms with van der Waals surface area (Å²) in [5.41, 5.74) is 5.98. The summed E-state index contributed by atoms with van der Waals surface area (Å²) in [4.78, 5) is 6.38. The monoisotopic (exact) mass is 210 g/mol. The van der Waals surface area contributed by atoms with Crippen molar-refractivity contribution in [2.75, 3.05) is 18.0 Å². The topological polar surface area (TPSA) is 68.2 Å². The molecule has 1 heterocycles. The number of nitrogens with zero attached hydrogens (tertiary/aromatic N) is 3. The average molecular weight is 210 g/mol. The molecule has 1 aliphatic carbocycles. The molecule has 2 N–H and O–H groups in total. The molecule has 1 aromatic rings. The van der Waals surface area contributed by atoms with Crippen molar-refractivity contribution in [3.05, 3.63) is 5.89 Å². The van der Waals surface area contributed by atoms with Crippen molar-refractivity contribution in [2.24, 2.45) is 11.7 Å². The fourth-order valence-electron chi connectivity index (χ4n) is 1.65. The van der Waals surface area contributed by atoms with Gasteiger partial charge in [0.1, 0.15) is 0 Å². The Labute approximate surface area is 89.6 Å². The highest BCUT2D eigenvalue weighted by atomic mass is 16.5. The van der Waals surface area contributed by atoms with Gasteiger partial charge in [0.25, 0.3) is 5.95 Å². The van der Waals surface area contributed by atoms with E-state index >= 15 is 0 Å². The van der Waals surface area contributed by atoms with Gasteiger partial charge >= 0.3 is 0 Å². The lowest BCUT2D eigenvalue weighted by molar-refractivity contribution is 0.343. The highest BCUT2D eigenvalue weighted by Gasteiger charge is 2.33. The molecule has 0 bridgehead atoms. The molecule has 15 heavy (non-hydrogen) atoms. The molecule has 5 heteroatoms. The van der Waals surface area contributed by atoms with Crippen molar-refractivity contribution < 1.29 is 4.52 Å². The molecule has 1 atom stereocenters. The first-order valence-electron chi connectivity index (χ1n) is 5.60. The third-order valence-corrected chi connectivity index (χ3v) is 2.89. The smallest absolute Gasteiger partial charge is 0.266 e. The third-order valence-electron chi connectivity index (χ3n) is 2.89. The largest absolute Gasteiger partial charge is 0.339 e. The molecule has 2 rings (SSSR count). The van der Waals surface area contributed by atoms with E-state index in [1.807, 2.05) is 4.90 Å². The molecule has 0 amide bonds. The summed E-state index contributed by atoms with van der Waals surface area (Å²) < 4.78 is 5.18. The average Bonchev–Trinajstić information content (AvgIpc) is 2.99. The molecule has 1 saturated carbocycles. The molecule has 5 nitrogen and oxygen atoms in total. The van der Waals surface area contributed by atoms with E-state index in [1.165, 1.54) is 12.8 Å². The van der Waals surface area contributed by atoms with Gasteiger partial charge in [-0.2, -0.15) is 4.98 Å². The summed E-state index contributed by atoms with van der Waals surface area (Å²) in [6.45, 7) is 5.91. The second-order valence-corrected chi connectivity index (χ2v) is 3.97. The van der Waals surface area contributed by atoms with Gasteiger partial charge in [-0.15, -0.1) is 0 Å². The zero-order valence-corrected chi connectivity index (χ0v) is 9.31. The van der Waals surface area contributed by atoms with Crippen LogP contribution in [0.3, 0.4) is 0 Å². The predicted molar refractivity (Wildman–Crippen MR) is 57.5 cm³/mol. The summed E-state index contributed by atoms with van der Waals surface area (Å²) in [5, 5.41) is 3.95. The van der Waals surface area contributed by atoms with E-state index < -0.39 is 0 Å². The Morgan fingerprint density at radius 3 is 2.67 bits per heavy atom. The number of anilines is 1. The molecule has 0 aromatic carbocycles. The van der Waals surface area contributed by atoms with Crippen molar-refractivity contribution in [3.63, 3.8) is 0 Å². The fraction of sp³-hybridized carbons (Fsp3) is 0.800. The van der Waals surface area contributed by atoms with Crippen LogP contribution in [0.4, 0.5) is 5.95 Å². The Balaban J connectivity index is 2.08. The number of hydrogen-bond donors (Lipinski definition) is 1. The van der Waals surface area contributed by atoms with E-state index in [9.17, 15) is 0 Å². The highest BCUT2D eigenvalue weighted by Crippen LogP contribution is 2.39. The summed E-state index contributed by atoms with van der Waals surface area (Å²) in [6, 6.07) is -0.0678. The van der Waals surface area contributed by atoms with Gasteiger partial charge in [0.05, 0.1) is 6.04 Å². The van der Waals surface area contributed by atoms with E-state index in [0.717, 1.165) is 13.1 Å². The molecule has 1 fully saturated rings. The van der Waals surface area contributed by atoms with Crippen molar-refractivity contribution in [1.29, 1.82) is 0 Å². The molecular weight excluding hydrogens is 192 g/mol. The highest BCUT2D eigenvalue weighted by molar-refractivity contribution is 5.27. The minimum absolute atomic E-state index is 0.0678. The quantitative estimate of drug-likeness (QED) is 0.794. The van der Waals surface area contributed by atoms with Crippen LogP contribution in [0.1, 0.15) is 38.6 Å². The zero-order valence-electron chi connectivity index (χ0n) is 9.31. The lowest BCUT2D eigenvalue weighted by Gasteiger charge is -2.14. The van der Waals surface area contributed by atoms with E-state index in [4.69, 9.17) is 10.3 Å². The van der Waals surface area contributed by atoms with Crippen molar-refractivity contribution in [1.82, 2.24) is 10.1 Å². The first-order valence-corrected chi connectivity index (χ1v) is 5.60. The Hall–Kier alpha value is -1.10. The van der Waals surface area contributed by atoms with Crippen LogP contribution in [0.2, 0.25) is 0 Å². The molecule has 1 unspecified atom stereocenters. The van der Waals surface area contributed by atoms with Gasteiger partial charge in [0.2, 0.25) is 5.89 Å². The van der Waals surface area contributed by atoms with Crippen LogP contribution >= 0.6 is 0 Å². The molecule has 1 aliphatic rings. The Bertz CT molecular complexity index is 300. The molecule has 1 aromatic heterocycles. The molecule has 0 saturated heterocycles. The maximum absolute atomic E-state index is 5.98. The fourth-order valence-corrected chi connectivity index (χ4v) is 1.65. The lowest BCUT2D eigenvalue weighted by Crippen LogP contribution is -2.23. The van der Waals surface area contributed by atoms with Crippen LogP contribution in [0.5, 0.6) is 0 Å². The summed E-state index contributed by atoms with van der Waals surface area (Å²) in [7, 11) is 0. The van der Waals surface area contributed by atoms with Crippen LogP contribution in [0, 0.1) is 5.92 Å².